The topological polar surface area (TPSA) is 188 Å². The number of pyridine rings is 2. The SMILES string of the molecule is CC(C)(C)OC(=O)C1(C)CCN(c2ccc(C3CCC(=O)NC3=O)cn2)CC1.CC1(C(=O)O)CCN(c2ccc(C3CCC(=O)NC3=O)cn2)CC1. The number of rotatable bonds is 6. The standard InChI is InChI=1S/C21H29N3O4.C17H21N3O4/c1-20(2,3)28-19(27)21(4)9-11-24(12-10-21)16-7-5-14(13-22-16)15-6-8-17(25)23-18(15)26;1-17(16(23)24)6-8-20(9-7-17)13-4-2-11(10-18-13)12-3-5-14(21)19-15(12)22/h5,7,13,15H,6,8-12H2,1-4H3,(H,23,25,26);2,4,10,12H,3,5-9H2,1H3,(H,23,24)(H,19,21,22). The average molecular weight is 719 g/mol. The van der Waals surface area contributed by atoms with Crippen molar-refractivity contribution in [1.82, 2.24) is 20.6 Å². The van der Waals surface area contributed by atoms with E-state index in [0.717, 1.165) is 35.9 Å². The van der Waals surface area contributed by atoms with E-state index in [2.05, 4.69) is 30.4 Å². The number of aromatic nitrogens is 2. The highest BCUT2D eigenvalue weighted by molar-refractivity contribution is 6.01. The molecule has 2 unspecified atom stereocenters. The Hall–Kier alpha value is -4.88. The molecule has 0 saturated carbocycles. The van der Waals surface area contributed by atoms with Crippen LogP contribution in [0.3, 0.4) is 0 Å². The third kappa shape index (κ3) is 9.12. The summed E-state index contributed by atoms with van der Waals surface area (Å²) in [6.45, 7) is 12.2. The van der Waals surface area contributed by atoms with Crippen LogP contribution in [0.4, 0.5) is 11.6 Å². The van der Waals surface area contributed by atoms with E-state index >= 15 is 0 Å². The van der Waals surface area contributed by atoms with Gasteiger partial charge in [-0.25, -0.2) is 9.97 Å². The van der Waals surface area contributed by atoms with Gasteiger partial charge in [0.25, 0.3) is 0 Å². The summed E-state index contributed by atoms with van der Waals surface area (Å²) in [4.78, 5) is 83.4. The van der Waals surface area contributed by atoms with Crippen LogP contribution in [0.15, 0.2) is 36.7 Å². The van der Waals surface area contributed by atoms with E-state index in [1.807, 2.05) is 52.0 Å². The fourth-order valence-electron chi connectivity index (χ4n) is 6.88. The van der Waals surface area contributed by atoms with Crippen LogP contribution in [0.1, 0.15) is 109 Å². The van der Waals surface area contributed by atoms with E-state index in [-0.39, 0.29) is 41.4 Å². The lowest BCUT2D eigenvalue weighted by Gasteiger charge is -2.39. The van der Waals surface area contributed by atoms with Gasteiger partial charge in [0, 0.05) is 51.4 Å². The molecule has 52 heavy (non-hydrogen) atoms. The van der Waals surface area contributed by atoms with Crippen molar-refractivity contribution in [2.45, 2.75) is 103 Å². The predicted octanol–water partition coefficient (Wildman–Crippen LogP) is 3.84. The first-order valence-corrected chi connectivity index (χ1v) is 18.0. The maximum Gasteiger partial charge on any atom is 0.312 e. The summed E-state index contributed by atoms with van der Waals surface area (Å²) in [5.41, 5.74) is 0.00466. The van der Waals surface area contributed by atoms with Crippen molar-refractivity contribution < 1.29 is 38.6 Å². The van der Waals surface area contributed by atoms with Gasteiger partial charge in [-0.15, -0.1) is 0 Å². The number of nitrogens with zero attached hydrogens (tertiary/aromatic N) is 4. The minimum Gasteiger partial charge on any atom is -0.481 e. The molecule has 4 fully saturated rings. The molecule has 14 nitrogen and oxygen atoms in total. The molecule has 0 aliphatic carbocycles. The number of carbonyl (C=O) groups excluding carboxylic acids is 5. The van der Waals surface area contributed by atoms with Crippen LogP contribution in [0, 0.1) is 10.8 Å². The Morgan fingerprint density at radius 1 is 0.731 bits per heavy atom. The van der Waals surface area contributed by atoms with Crippen molar-refractivity contribution in [3.63, 3.8) is 0 Å². The molecule has 3 N–H and O–H groups in total. The molecule has 4 aliphatic rings. The molecule has 4 saturated heterocycles. The number of ether oxygens (including phenoxy) is 1. The third-order valence-corrected chi connectivity index (χ3v) is 10.6. The van der Waals surface area contributed by atoms with Crippen molar-refractivity contribution in [1.29, 1.82) is 0 Å². The number of aliphatic carboxylic acids is 1. The van der Waals surface area contributed by atoms with Gasteiger partial charge in [0.05, 0.1) is 22.7 Å². The number of piperidine rings is 4. The Morgan fingerprint density at radius 3 is 1.46 bits per heavy atom. The average Bonchev–Trinajstić information content (AvgIpc) is 3.09. The van der Waals surface area contributed by atoms with Gasteiger partial charge in [0.15, 0.2) is 0 Å². The lowest BCUT2D eigenvalue weighted by Crippen LogP contribution is -2.45. The maximum absolute atomic E-state index is 12.5. The summed E-state index contributed by atoms with van der Waals surface area (Å²) in [7, 11) is 0. The quantitative estimate of drug-likeness (QED) is 0.290. The molecule has 4 amide bonds. The molecule has 0 aromatic carbocycles. The monoisotopic (exact) mass is 718 g/mol. The highest BCUT2D eigenvalue weighted by Crippen LogP contribution is 2.36. The number of carboxylic acids is 1. The van der Waals surface area contributed by atoms with Gasteiger partial charge in [-0.2, -0.15) is 0 Å². The van der Waals surface area contributed by atoms with E-state index in [0.29, 0.717) is 64.5 Å². The van der Waals surface area contributed by atoms with Gasteiger partial charge in [-0.3, -0.25) is 39.4 Å². The van der Waals surface area contributed by atoms with Gasteiger partial charge in [-0.1, -0.05) is 12.1 Å². The molecule has 0 radical (unpaired) electrons. The Kier molecular flexibility index (Phi) is 11.3. The molecule has 2 aromatic rings. The Bertz CT molecular complexity index is 1670. The normalized spacial score (nSPS) is 23.1. The first-order chi connectivity index (χ1) is 24.5. The number of imide groups is 2. The van der Waals surface area contributed by atoms with Gasteiger partial charge < -0.3 is 19.6 Å². The molecule has 280 valence electrons. The number of amides is 4. The van der Waals surface area contributed by atoms with E-state index in [4.69, 9.17) is 4.74 Å². The largest absolute Gasteiger partial charge is 0.481 e. The van der Waals surface area contributed by atoms with Gasteiger partial charge in [-0.05, 0) is 96.4 Å². The summed E-state index contributed by atoms with van der Waals surface area (Å²) in [5.74, 6) is -0.877. The first kappa shape index (κ1) is 38.4. The summed E-state index contributed by atoms with van der Waals surface area (Å²) in [5, 5.41) is 14.0. The number of esters is 1. The molecular weight excluding hydrogens is 668 g/mol. The molecule has 0 bridgehead atoms. The van der Waals surface area contributed by atoms with Crippen molar-refractivity contribution in [3.05, 3.63) is 47.8 Å². The van der Waals surface area contributed by atoms with Gasteiger partial charge in [0.1, 0.15) is 17.2 Å². The highest BCUT2D eigenvalue weighted by atomic mass is 16.6. The van der Waals surface area contributed by atoms with Crippen LogP contribution in [-0.2, 0) is 33.5 Å². The predicted molar refractivity (Wildman–Crippen MR) is 191 cm³/mol. The Balaban J connectivity index is 0.000000203. The number of nitrogens with one attached hydrogen (secondary N) is 2. The summed E-state index contributed by atoms with van der Waals surface area (Å²) in [6, 6.07) is 7.55. The first-order valence-electron chi connectivity index (χ1n) is 18.0. The molecule has 6 rings (SSSR count). The minimum absolute atomic E-state index is 0.138. The molecule has 4 aliphatic heterocycles. The third-order valence-electron chi connectivity index (χ3n) is 10.6. The van der Waals surface area contributed by atoms with Crippen LogP contribution >= 0.6 is 0 Å². The van der Waals surface area contributed by atoms with Crippen LogP contribution in [0.2, 0.25) is 0 Å². The fourth-order valence-corrected chi connectivity index (χ4v) is 6.88. The number of hydrogen-bond donors (Lipinski definition) is 3. The fraction of sp³-hybridized carbons (Fsp3) is 0.579. The number of carboxylic acid groups (broad SMARTS) is 1. The van der Waals surface area contributed by atoms with Crippen molar-refractivity contribution in [3.8, 4) is 0 Å². The minimum atomic E-state index is -0.747. The molecule has 14 heteroatoms. The van der Waals surface area contributed by atoms with E-state index in [1.165, 1.54) is 0 Å². The number of hydrogen-bond acceptors (Lipinski definition) is 11. The van der Waals surface area contributed by atoms with Crippen LogP contribution in [0.25, 0.3) is 0 Å². The second-order valence-electron chi connectivity index (χ2n) is 15.8. The van der Waals surface area contributed by atoms with Crippen LogP contribution < -0.4 is 20.4 Å². The summed E-state index contributed by atoms with van der Waals surface area (Å²) >= 11 is 0. The van der Waals surface area contributed by atoms with Gasteiger partial charge >= 0.3 is 11.9 Å². The molecular formula is C38H50N6O8. The second-order valence-corrected chi connectivity index (χ2v) is 15.8. The lowest BCUT2D eigenvalue weighted by atomic mass is 9.80. The van der Waals surface area contributed by atoms with E-state index in [1.54, 1.807) is 19.3 Å². The van der Waals surface area contributed by atoms with Gasteiger partial charge in [0.2, 0.25) is 23.6 Å². The van der Waals surface area contributed by atoms with Crippen molar-refractivity contribution >= 4 is 47.2 Å². The zero-order valence-electron chi connectivity index (χ0n) is 30.7. The smallest absolute Gasteiger partial charge is 0.312 e. The van der Waals surface area contributed by atoms with Crippen LogP contribution in [-0.4, -0.2) is 82.4 Å². The molecule has 2 atom stereocenters. The highest BCUT2D eigenvalue weighted by Gasteiger charge is 2.41. The Morgan fingerprint density at radius 2 is 1.13 bits per heavy atom. The van der Waals surface area contributed by atoms with Crippen LogP contribution in [0.5, 0.6) is 0 Å². The number of anilines is 2. The van der Waals surface area contributed by atoms with Crippen molar-refractivity contribution in [2.24, 2.45) is 10.8 Å². The molecule has 0 spiro atoms. The Labute approximate surface area is 304 Å². The zero-order chi connectivity index (χ0) is 37.8. The summed E-state index contributed by atoms with van der Waals surface area (Å²) in [6.07, 6.45) is 7.70. The summed E-state index contributed by atoms with van der Waals surface area (Å²) < 4.78 is 5.59. The van der Waals surface area contributed by atoms with E-state index < -0.39 is 22.4 Å². The lowest BCUT2D eigenvalue weighted by molar-refractivity contribution is -0.168. The van der Waals surface area contributed by atoms with Crippen molar-refractivity contribution in [2.75, 3.05) is 36.0 Å². The van der Waals surface area contributed by atoms with E-state index in [9.17, 15) is 33.9 Å². The second kappa shape index (κ2) is 15.4. The molecule has 6 heterocycles. The maximum atomic E-state index is 12.5. The number of carbonyl (C=O) groups is 6. The zero-order valence-corrected chi connectivity index (χ0v) is 30.7. The molecule has 2 aromatic heterocycles.